The lowest BCUT2D eigenvalue weighted by atomic mass is 9.96. The summed E-state index contributed by atoms with van der Waals surface area (Å²) in [7, 11) is 0. The number of carbonyl (C=O) groups excluding carboxylic acids is 1. The molecule has 1 N–H and O–H groups in total. The number of benzene rings is 2. The Morgan fingerprint density at radius 1 is 1.20 bits per heavy atom. The van der Waals surface area contributed by atoms with E-state index >= 15 is 0 Å². The van der Waals surface area contributed by atoms with Crippen molar-refractivity contribution in [2.24, 2.45) is 5.92 Å². The zero-order valence-corrected chi connectivity index (χ0v) is 16.9. The first kappa shape index (κ1) is 20.7. The molecule has 1 aliphatic rings. The molecule has 2 aromatic carbocycles. The van der Waals surface area contributed by atoms with E-state index in [2.05, 4.69) is 4.98 Å². The average Bonchev–Trinajstić information content (AvgIpc) is 3.47. The van der Waals surface area contributed by atoms with Crippen LogP contribution in [0.5, 0.6) is 0 Å². The van der Waals surface area contributed by atoms with Crippen LogP contribution in [0.4, 0.5) is 17.6 Å². The Morgan fingerprint density at radius 3 is 2.57 bits per heavy atom. The van der Waals surface area contributed by atoms with Crippen LogP contribution in [-0.4, -0.2) is 22.3 Å². The van der Waals surface area contributed by atoms with Gasteiger partial charge in [-0.3, -0.25) is 4.79 Å². The maximum atomic E-state index is 14.1. The van der Waals surface area contributed by atoms with Crippen LogP contribution in [0.15, 0.2) is 36.5 Å². The van der Waals surface area contributed by atoms with Gasteiger partial charge in [-0.1, -0.05) is 17.7 Å². The number of halogens is 5. The van der Waals surface area contributed by atoms with Crippen molar-refractivity contribution in [1.29, 1.82) is 0 Å². The second kappa shape index (κ2) is 7.61. The number of nitrogens with zero attached hydrogens (tertiary/aromatic N) is 1. The van der Waals surface area contributed by atoms with Crippen molar-refractivity contribution in [3.05, 3.63) is 58.5 Å². The zero-order chi connectivity index (χ0) is 21.6. The molecule has 8 heteroatoms. The van der Waals surface area contributed by atoms with Gasteiger partial charge in [0.2, 0.25) is 5.91 Å². The Kier molecular flexibility index (Phi) is 5.26. The molecule has 0 bridgehead atoms. The molecule has 1 aromatic heterocycles. The van der Waals surface area contributed by atoms with Crippen LogP contribution < -0.4 is 0 Å². The third-order valence-corrected chi connectivity index (χ3v) is 5.81. The summed E-state index contributed by atoms with van der Waals surface area (Å²) in [6, 6.07) is 6.16. The predicted octanol–water partition coefficient (Wildman–Crippen LogP) is 6.40. The van der Waals surface area contributed by atoms with Gasteiger partial charge < -0.3 is 9.88 Å². The molecular formula is C22H19ClF4N2O. The minimum Gasteiger partial charge on any atom is -0.360 e. The molecule has 4 rings (SSSR count). The number of H-pyrrole nitrogens is 1. The highest BCUT2D eigenvalue weighted by Gasteiger charge is 2.34. The van der Waals surface area contributed by atoms with Gasteiger partial charge in [-0.2, -0.15) is 13.2 Å². The molecule has 0 aliphatic heterocycles. The van der Waals surface area contributed by atoms with Gasteiger partial charge in [-0.25, -0.2) is 4.39 Å². The fourth-order valence-corrected chi connectivity index (χ4v) is 3.94. The minimum atomic E-state index is -4.52. The minimum absolute atomic E-state index is 0.0324. The molecule has 0 atom stereocenters. The number of amides is 1. The maximum absolute atomic E-state index is 14.1. The van der Waals surface area contributed by atoms with Gasteiger partial charge in [0.15, 0.2) is 0 Å². The first-order chi connectivity index (χ1) is 14.2. The lowest BCUT2D eigenvalue weighted by Crippen LogP contribution is -2.31. The van der Waals surface area contributed by atoms with Crippen LogP contribution in [0.1, 0.15) is 30.9 Å². The quantitative estimate of drug-likeness (QED) is 0.459. The second-order valence-electron chi connectivity index (χ2n) is 7.48. The van der Waals surface area contributed by atoms with E-state index in [9.17, 15) is 22.4 Å². The van der Waals surface area contributed by atoms with Gasteiger partial charge in [0.05, 0.1) is 10.6 Å². The summed E-state index contributed by atoms with van der Waals surface area (Å²) in [5.41, 5.74) is 1.08. The summed E-state index contributed by atoms with van der Waals surface area (Å²) in [5.74, 6) is -0.711. The number of aromatic amines is 1. The topological polar surface area (TPSA) is 36.1 Å². The number of carbonyl (C=O) groups is 1. The molecule has 30 heavy (non-hydrogen) atoms. The SMILES string of the molecule is CCN(Cc1cc(C(F)(F)F)ccc1-c1c[nH]c2ccc(F)c(Cl)c12)C(=O)C1CC1. The van der Waals surface area contributed by atoms with Crippen LogP contribution in [0, 0.1) is 11.7 Å². The molecule has 0 saturated heterocycles. The van der Waals surface area contributed by atoms with Gasteiger partial charge in [-0.05, 0) is 55.2 Å². The molecule has 1 fully saturated rings. The standard InChI is InChI=1S/C22H19ClF4N2O/c1-2-29(21(30)12-3-4-12)11-13-9-14(22(25,26)27)5-6-15(13)16-10-28-18-8-7-17(24)20(23)19(16)18/h5-10,12,28H,2-4,11H2,1H3. The van der Waals surface area contributed by atoms with Crippen molar-refractivity contribution >= 4 is 28.4 Å². The molecule has 1 heterocycles. The smallest absolute Gasteiger partial charge is 0.360 e. The number of hydrogen-bond acceptors (Lipinski definition) is 1. The molecule has 0 spiro atoms. The van der Waals surface area contributed by atoms with Crippen molar-refractivity contribution in [2.45, 2.75) is 32.5 Å². The first-order valence-electron chi connectivity index (χ1n) is 9.65. The summed E-state index contributed by atoms with van der Waals surface area (Å²) in [5, 5.41) is 0.297. The second-order valence-corrected chi connectivity index (χ2v) is 7.86. The van der Waals surface area contributed by atoms with Gasteiger partial charge in [0.1, 0.15) is 5.82 Å². The zero-order valence-electron chi connectivity index (χ0n) is 16.1. The van der Waals surface area contributed by atoms with Crippen molar-refractivity contribution < 1.29 is 22.4 Å². The number of fused-ring (bicyclic) bond motifs is 1. The number of nitrogens with one attached hydrogen (secondary N) is 1. The van der Waals surface area contributed by atoms with Crippen LogP contribution in [0.3, 0.4) is 0 Å². The fraction of sp³-hybridized carbons (Fsp3) is 0.318. The first-order valence-corrected chi connectivity index (χ1v) is 10.0. The van der Waals surface area contributed by atoms with Gasteiger partial charge in [0, 0.05) is 41.7 Å². The lowest BCUT2D eigenvalue weighted by Gasteiger charge is -2.23. The summed E-state index contributed by atoms with van der Waals surface area (Å²) >= 11 is 6.17. The van der Waals surface area contributed by atoms with E-state index < -0.39 is 17.6 Å². The van der Waals surface area contributed by atoms with Crippen LogP contribution in [0.25, 0.3) is 22.0 Å². The summed E-state index contributed by atoms with van der Waals surface area (Å²) in [6.45, 7) is 2.21. The van der Waals surface area contributed by atoms with Crippen molar-refractivity contribution in [1.82, 2.24) is 9.88 Å². The lowest BCUT2D eigenvalue weighted by molar-refractivity contribution is -0.137. The third kappa shape index (κ3) is 3.78. The monoisotopic (exact) mass is 438 g/mol. The van der Waals surface area contributed by atoms with Gasteiger partial charge in [-0.15, -0.1) is 0 Å². The summed E-state index contributed by atoms with van der Waals surface area (Å²) < 4.78 is 54.2. The molecule has 158 valence electrons. The van der Waals surface area contributed by atoms with Gasteiger partial charge >= 0.3 is 6.18 Å². The fourth-order valence-electron chi connectivity index (χ4n) is 3.67. The molecule has 0 radical (unpaired) electrons. The normalized spacial score (nSPS) is 14.3. The van der Waals surface area contributed by atoms with Crippen LogP contribution >= 0.6 is 11.6 Å². The van der Waals surface area contributed by atoms with E-state index in [1.54, 1.807) is 18.0 Å². The molecule has 0 unspecified atom stereocenters. The van der Waals surface area contributed by atoms with Crippen molar-refractivity contribution in [2.75, 3.05) is 6.54 Å². The Morgan fingerprint density at radius 2 is 1.93 bits per heavy atom. The van der Waals surface area contributed by atoms with E-state index in [1.165, 1.54) is 18.2 Å². The Bertz CT molecular complexity index is 1120. The van der Waals surface area contributed by atoms with Gasteiger partial charge in [0.25, 0.3) is 0 Å². The highest BCUT2D eigenvalue weighted by molar-refractivity contribution is 6.36. The molecule has 1 amide bonds. The van der Waals surface area contributed by atoms with E-state index in [-0.39, 0.29) is 23.4 Å². The molecule has 1 aliphatic carbocycles. The van der Waals surface area contributed by atoms with Crippen molar-refractivity contribution in [3.63, 3.8) is 0 Å². The molecular weight excluding hydrogens is 420 g/mol. The van der Waals surface area contributed by atoms with E-state index in [0.29, 0.717) is 34.1 Å². The predicted molar refractivity (Wildman–Crippen MR) is 108 cm³/mol. The number of hydrogen-bond donors (Lipinski definition) is 1. The number of alkyl halides is 3. The maximum Gasteiger partial charge on any atom is 0.416 e. The molecule has 3 nitrogen and oxygen atoms in total. The number of rotatable bonds is 5. The Labute approximate surface area is 175 Å². The molecule has 3 aromatic rings. The summed E-state index contributed by atoms with van der Waals surface area (Å²) in [6.07, 6.45) is -1.31. The highest BCUT2D eigenvalue weighted by atomic mass is 35.5. The number of aromatic nitrogens is 1. The summed E-state index contributed by atoms with van der Waals surface area (Å²) in [4.78, 5) is 17.1. The van der Waals surface area contributed by atoms with Crippen LogP contribution in [-0.2, 0) is 17.5 Å². The largest absolute Gasteiger partial charge is 0.416 e. The highest BCUT2D eigenvalue weighted by Crippen LogP contribution is 2.40. The Balaban J connectivity index is 1.85. The van der Waals surface area contributed by atoms with Crippen LogP contribution in [0.2, 0.25) is 5.02 Å². The third-order valence-electron chi connectivity index (χ3n) is 5.44. The van der Waals surface area contributed by atoms with Crippen molar-refractivity contribution in [3.8, 4) is 11.1 Å². The average molecular weight is 439 g/mol. The Hall–Kier alpha value is -2.54. The van der Waals surface area contributed by atoms with E-state index in [1.807, 2.05) is 0 Å². The molecule has 1 saturated carbocycles. The van der Waals surface area contributed by atoms with E-state index in [4.69, 9.17) is 11.6 Å². The van der Waals surface area contributed by atoms with E-state index in [0.717, 1.165) is 25.0 Å².